The molecule has 0 spiro atoms. The fourth-order valence-electron chi connectivity index (χ4n) is 3.86. The molecule has 3 heterocycles. The lowest BCUT2D eigenvalue weighted by Crippen LogP contribution is -2.36. The highest BCUT2D eigenvalue weighted by Gasteiger charge is 2.35. The van der Waals surface area contributed by atoms with Crippen molar-refractivity contribution in [2.24, 2.45) is 0 Å². The number of benzene rings is 1. The van der Waals surface area contributed by atoms with Gasteiger partial charge in [-0.15, -0.1) is 0 Å². The normalized spacial score (nSPS) is 14.7. The molecule has 2 N–H and O–H groups in total. The fourth-order valence-corrected chi connectivity index (χ4v) is 3.86. The van der Waals surface area contributed by atoms with E-state index in [1.54, 1.807) is 19.9 Å². The number of aryl methyl sites for hydroxylation is 2. The molecular weight excluding hydrogens is 427 g/mol. The van der Waals surface area contributed by atoms with Gasteiger partial charge in [0.25, 0.3) is 5.56 Å². The highest BCUT2D eigenvalue weighted by Crippen LogP contribution is 2.37. The molecule has 11 heteroatoms. The summed E-state index contributed by atoms with van der Waals surface area (Å²) in [6.07, 6.45) is -4.83. The summed E-state index contributed by atoms with van der Waals surface area (Å²) in [4.78, 5) is 30.4. The summed E-state index contributed by atoms with van der Waals surface area (Å²) >= 11 is 0. The number of morpholine rings is 1. The average molecular weight is 449 g/mol. The average Bonchev–Trinajstić information content (AvgIpc) is 3.11. The highest BCUT2D eigenvalue weighted by molar-refractivity contribution is 5.93. The molecule has 0 atom stereocenters. The number of fused-ring (bicyclic) bond motifs is 1. The summed E-state index contributed by atoms with van der Waals surface area (Å²) in [6, 6.07) is 5.21. The maximum absolute atomic E-state index is 13.7. The number of aromatic nitrogens is 3. The molecule has 1 amide bonds. The van der Waals surface area contributed by atoms with E-state index in [0.29, 0.717) is 54.6 Å². The van der Waals surface area contributed by atoms with Crippen LogP contribution in [0, 0.1) is 13.8 Å². The lowest BCUT2D eigenvalue weighted by molar-refractivity contribution is -0.136. The lowest BCUT2D eigenvalue weighted by Gasteiger charge is -2.29. The number of amides is 1. The molecule has 4 rings (SSSR count). The Balaban J connectivity index is 1.60. The number of nitrogens with zero attached hydrogens (tertiary/aromatic N) is 3. The van der Waals surface area contributed by atoms with Crippen LogP contribution in [0.25, 0.3) is 5.65 Å². The van der Waals surface area contributed by atoms with Crippen molar-refractivity contribution >= 4 is 22.9 Å². The number of halogens is 3. The molecule has 0 unspecified atom stereocenters. The topological polar surface area (TPSA) is 91.7 Å². The van der Waals surface area contributed by atoms with Crippen molar-refractivity contribution < 1.29 is 22.7 Å². The minimum Gasteiger partial charge on any atom is -0.378 e. The molecule has 0 saturated carbocycles. The van der Waals surface area contributed by atoms with Crippen molar-refractivity contribution in [1.82, 2.24) is 14.6 Å². The van der Waals surface area contributed by atoms with E-state index in [0.717, 1.165) is 6.07 Å². The predicted octanol–water partition coefficient (Wildman–Crippen LogP) is 2.68. The van der Waals surface area contributed by atoms with E-state index in [9.17, 15) is 22.8 Å². The standard InChI is InChI=1S/C21H22F3N5O3/c1-12-15(13(2)29-18(25-12)11-20(31)27-29)10-19(30)26-17-4-3-14(9-16(17)21(22,23)24)28-5-7-32-8-6-28/h3-4,9,11H,5-8,10H2,1-2H3,(H,26,30)(H,27,31). The molecule has 0 aliphatic carbocycles. The van der Waals surface area contributed by atoms with Crippen LogP contribution in [0.1, 0.15) is 22.5 Å². The molecule has 3 aromatic rings. The second-order valence-electron chi connectivity index (χ2n) is 7.63. The smallest absolute Gasteiger partial charge is 0.378 e. The fraction of sp³-hybridized carbons (Fsp3) is 0.381. The largest absolute Gasteiger partial charge is 0.418 e. The molecule has 1 saturated heterocycles. The van der Waals surface area contributed by atoms with Crippen LogP contribution < -0.4 is 15.8 Å². The van der Waals surface area contributed by atoms with Crippen molar-refractivity contribution in [3.8, 4) is 0 Å². The number of rotatable bonds is 4. The van der Waals surface area contributed by atoms with Gasteiger partial charge in [0, 0.05) is 41.8 Å². The Morgan fingerprint density at radius 3 is 2.62 bits per heavy atom. The second kappa shape index (κ2) is 8.30. The maximum Gasteiger partial charge on any atom is 0.418 e. The molecule has 1 aliphatic heterocycles. The van der Waals surface area contributed by atoms with E-state index in [-0.39, 0.29) is 17.7 Å². The predicted molar refractivity (Wildman–Crippen MR) is 112 cm³/mol. The van der Waals surface area contributed by atoms with Gasteiger partial charge in [-0.2, -0.15) is 13.2 Å². The molecule has 32 heavy (non-hydrogen) atoms. The summed E-state index contributed by atoms with van der Waals surface area (Å²) < 4.78 is 47.9. The number of anilines is 2. The van der Waals surface area contributed by atoms with Crippen molar-refractivity contribution in [2.75, 3.05) is 36.5 Å². The zero-order chi connectivity index (χ0) is 23.0. The SMILES string of the molecule is Cc1nc2cc(=O)[nH]n2c(C)c1CC(=O)Nc1ccc(N2CCOCC2)cc1C(F)(F)F. The molecule has 170 valence electrons. The molecular formula is C21H22F3N5O3. The summed E-state index contributed by atoms with van der Waals surface area (Å²) in [5, 5.41) is 4.98. The van der Waals surface area contributed by atoms with E-state index in [1.807, 2.05) is 4.90 Å². The van der Waals surface area contributed by atoms with Gasteiger partial charge in [-0.3, -0.25) is 14.7 Å². The van der Waals surface area contributed by atoms with Gasteiger partial charge in [0.05, 0.1) is 30.9 Å². The number of ether oxygens (including phenoxy) is 1. The van der Waals surface area contributed by atoms with Crippen LogP contribution in [-0.2, 0) is 22.1 Å². The van der Waals surface area contributed by atoms with Crippen LogP contribution in [0.4, 0.5) is 24.5 Å². The van der Waals surface area contributed by atoms with E-state index >= 15 is 0 Å². The van der Waals surface area contributed by atoms with E-state index in [2.05, 4.69) is 15.4 Å². The maximum atomic E-state index is 13.7. The number of carbonyl (C=O) groups is 1. The molecule has 2 aromatic heterocycles. The summed E-state index contributed by atoms with van der Waals surface area (Å²) in [5.41, 5.74) is 0.921. The van der Waals surface area contributed by atoms with Crippen LogP contribution in [0.15, 0.2) is 29.1 Å². The summed E-state index contributed by atoms with van der Waals surface area (Å²) in [6.45, 7) is 5.29. The highest BCUT2D eigenvalue weighted by atomic mass is 19.4. The van der Waals surface area contributed by atoms with Gasteiger partial charge < -0.3 is 15.0 Å². The van der Waals surface area contributed by atoms with Gasteiger partial charge in [-0.25, -0.2) is 9.50 Å². The number of alkyl halides is 3. The number of H-pyrrole nitrogens is 1. The monoisotopic (exact) mass is 449 g/mol. The Hall–Kier alpha value is -3.34. The molecule has 8 nitrogen and oxygen atoms in total. The van der Waals surface area contributed by atoms with Crippen LogP contribution in [0.2, 0.25) is 0 Å². The zero-order valence-corrected chi connectivity index (χ0v) is 17.5. The van der Waals surface area contributed by atoms with Crippen LogP contribution in [0.3, 0.4) is 0 Å². The first-order valence-corrected chi connectivity index (χ1v) is 10.0. The minimum atomic E-state index is -4.64. The second-order valence-corrected chi connectivity index (χ2v) is 7.63. The van der Waals surface area contributed by atoms with Crippen molar-refractivity contribution in [3.05, 3.63) is 57.1 Å². The molecule has 0 bridgehead atoms. The number of aromatic amines is 1. The Morgan fingerprint density at radius 1 is 1.22 bits per heavy atom. The third kappa shape index (κ3) is 4.33. The van der Waals surface area contributed by atoms with E-state index in [4.69, 9.17) is 4.74 Å². The number of carbonyl (C=O) groups excluding carboxylic acids is 1. The van der Waals surface area contributed by atoms with Crippen molar-refractivity contribution in [1.29, 1.82) is 0 Å². The molecule has 1 aromatic carbocycles. The lowest BCUT2D eigenvalue weighted by atomic mass is 10.1. The number of hydrogen-bond donors (Lipinski definition) is 2. The number of hydrogen-bond acceptors (Lipinski definition) is 5. The van der Waals surface area contributed by atoms with E-state index < -0.39 is 17.6 Å². The molecule has 1 aliphatic rings. The van der Waals surface area contributed by atoms with Gasteiger partial charge in [0.2, 0.25) is 5.91 Å². The van der Waals surface area contributed by atoms with Crippen LogP contribution >= 0.6 is 0 Å². The van der Waals surface area contributed by atoms with Crippen LogP contribution in [0.5, 0.6) is 0 Å². The Labute approximate surface area is 181 Å². The zero-order valence-electron chi connectivity index (χ0n) is 17.5. The quantitative estimate of drug-likeness (QED) is 0.639. The van der Waals surface area contributed by atoms with Crippen LogP contribution in [-0.4, -0.2) is 46.8 Å². The van der Waals surface area contributed by atoms with Gasteiger partial charge >= 0.3 is 6.18 Å². The van der Waals surface area contributed by atoms with Gasteiger partial charge in [0.1, 0.15) is 0 Å². The molecule has 0 radical (unpaired) electrons. The summed E-state index contributed by atoms with van der Waals surface area (Å²) in [7, 11) is 0. The third-order valence-corrected chi connectivity index (χ3v) is 5.50. The van der Waals surface area contributed by atoms with Gasteiger partial charge in [-0.1, -0.05) is 0 Å². The van der Waals surface area contributed by atoms with Crippen molar-refractivity contribution in [2.45, 2.75) is 26.4 Å². The van der Waals surface area contributed by atoms with Gasteiger partial charge in [0.15, 0.2) is 5.65 Å². The van der Waals surface area contributed by atoms with Gasteiger partial charge in [-0.05, 0) is 32.0 Å². The summed E-state index contributed by atoms with van der Waals surface area (Å²) in [5.74, 6) is -0.614. The third-order valence-electron chi connectivity index (χ3n) is 5.50. The first kappa shape index (κ1) is 21.9. The van der Waals surface area contributed by atoms with Crippen molar-refractivity contribution in [3.63, 3.8) is 0 Å². The Morgan fingerprint density at radius 2 is 1.94 bits per heavy atom. The van der Waals surface area contributed by atoms with E-state index in [1.165, 1.54) is 16.6 Å². The first-order chi connectivity index (χ1) is 15.1. The Bertz CT molecular complexity index is 1230. The minimum absolute atomic E-state index is 0.191. The molecule has 1 fully saturated rings. The first-order valence-electron chi connectivity index (χ1n) is 10.0. The number of nitrogens with one attached hydrogen (secondary N) is 2. The Kier molecular flexibility index (Phi) is 5.68.